The molecule has 4 unspecified atom stereocenters. The molecule has 0 aromatic carbocycles. The van der Waals surface area contributed by atoms with E-state index in [1.165, 1.54) is 20.8 Å². The molecule has 1 aliphatic heterocycles. The number of nitrogens with two attached hydrogens (primary N) is 2. The highest BCUT2D eigenvalue weighted by molar-refractivity contribution is 5.98. The maximum Gasteiger partial charge on any atom is 0.328 e. The average molecular weight is 826 g/mol. The van der Waals surface area contributed by atoms with E-state index >= 15 is 0 Å². The van der Waals surface area contributed by atoms with Crippen molar-refractivity contribution in [3.63, 3.8) is 0 Å². The number of aliphatic carboxylic acids is 1. The summed E-state index contributed by atoms with van der Waals surface area (Å²) in [4.78, 5) is 110. The summed E-state index contributed by atoms with van der Waals surface area (Å²) in [7, 11) is 0. The van der Waals surface area contributed by atoms with E-state index < -0.39 is 114 Å². The number of ether oxygens (including phenoxy) is 1. The highest BCUT2D eigenvalue weighted by Gasteiger charge is 2.38. The Morgan fingerprint density at radius 2 is 1.16 bits per heavy atom. The monoisotopic (exact) mass is 825 g/mol. The van der Waals surface area contributed by atoms with Gasteiger partial charge in [0.2, 0.25) is 35.4 Å². The van der Waals surface area contributed by atoms with Gasteiger partial charge in [0, 0.05) is 13.0 Å². The largest absolute Gasteiger partial charge is 0.481 e. The number of esters is 1. The van der Waals surface area contributed by atoms with Crippen molar-refractivity contribution in [2.75, 3.05) is 6.54 Å². The minimum atomic E-state index is -1.77. The maximum absolute atomic E-state index is 13.9. The quantitative estimate of drug-likeness (QED) is 0.0351. The van der Waals surface area contributed by atoms with Crippen LogP contribution in [-0.4, -0.2) is 119 Å². The molecule has 0 bridgehead atoms. The number of aliphatic hydroxyl groups is 1. The van der Waals surface area contributed by atoms with Crippen LogP contribution in [0.3, 0.4) is 0 Å². The lowest BCUT2D eigenvalue weighted by Gasteiger charge is -2.31. The van der Waals surface area contributed by atoms with Gasteiger partial charge in [-0.15, -0.1) is 0 Å². The van der Waals surface area contributed by atoms with E-state index in [-0.39, 0.29) is 12.4 Å². The number of carbonyl (C=O) groups excluding carboxylic acids is 7. The van der Waals surface area contributed by atoms with Crippen LogP contribution in [-0.2, 0) is 43.1 Å². The van der Waals surface area contributed by atoms with Crippen molar-refractivity contribution in [3.8, 4) is 0 Å². The van der Waals surface area contributed by atoms with Crippen LogP contribution in [0.25, 0.3) is 0 Å². The molecule has 1 rings (SSSR count). The Kier molecular flexibility index (Phi) is 22.9. The van der Waals surface area contributed by atoms with E-state index in [0.717, 1.165) is 51.4 Å². The first-order chi connectivity index (χ1) is 27.2. The molecule has 8 atom stereocenters. The number of guanidine groups is 1. The van der Waals surface area contributed by atoms with Gasteiger partial charge in [0.1, 0.15) is 42.4 Å². The van der Waals surface area contributed by atoms with Crippen LogP contribution in [0, 0.1) is 11.8 Å². The number of cyclic esters (lactones) is 1. The minimum absolute atomic E-state index is 0.0606. The third-order valence-corrected chi connectivity index (χ3v) is 9.51. The fourth-order valence-electron chi connectivity index (χ4n) is 6.06. The number of amides is 6. The molecule has 0 radical (unpaired) electrons. The third kappa shape index (κ3) is 19.0. The summed E-state index contributed by atoms with van der Waals surface area (Å²) in [6, 6.07) is -8.96. The topological polar surface area (TPSA) is 323 Å². The summed E-state index contributed by atoms with van der Waals surface area (Å²) in [6.07, 6.45) is 4.55. The molecule has 1 saturated heterocycles. The predicted molar refractivity (Wildman–Crippen MR) is 213 cm³/mol. The van der Waals surface area contributed by atoms with E-state index in [0.29, 0.717) is 13.0 Å². The van der Waals surface area contributed by atoms with Crippen LogP contribution in [0.1, 0.15) is 119 Å². The fraction of sp³-hybridized carbons (Fsp3) is 0.763. The second-order valence-electron chi connectivity index (χ2n) is 15.5. The van der Waals surface area contributed by atoms with E-state index in [2.05, 4.69) is 36.9 Å². The summed E-state index contributed by atoms with van der Waals surface area (Å²) in [5.74, 6) is -8.85. The number of aliphatic imine (C=N–C) groups is 1. The van der Waals surface area contributed by atoms with Crippen molar-refractivity contribution in [2.45, 2.75) is 168 Å². The van der Waals surface area contributed by atoms with Gasteiger partial charge in [-0.25, -0.2) is 4.79 Å². The van der Waals surface area contributed by atoms with E-state index in [4.69, 9.17) is 16.2 Å². The number of hydrogen-bond acceptors (Lipinski definition) is 11. The summed E-state index contributed by atoms with van der Waals surface area (Å²) in [5, 5.41) is 34.5. The van der Waals surface area contributed by atoms with Crippen LogP contribution in [0.15, 0.2) is 4.99 Å². The van der Waals surface area contributed by atoms with Gasteiger partial charge < -0.3 is 58.3 Å². The highest BCUT2D eigenvalue weighted by Crippen LogP contribution is 2.13. The number of aliphatic hydroxyl groups excluding tert-OH is 1. The smallest absolute Gasteiger partial charge is 0.328 e. The Morgan fingerprint density at radius 1 is 0.690 bits per heavy atom. The Labute approximate surface area is 340 Å². The van der Waals surface area contributed by atoms with Gasteiger partial charge in [-0.3, -0.25) is 38.6 Å². The molecule has 20 heteroatoms. The summed E-state index contributed by atoms with van der Waals surface area (Å²) >= 11 is 0. The standard InChI is InChI=1S/C38H67N9O11/c1-20(2)28-33(53)45-29(21(3)4)34(54)47-30(23(6)48)35(55)43-25(19-27(50)51)32(52)42-22(5)37(57)58-24(7)31(36(56)46-28)44-26(49)17-15-13-11-9-8-10-12-14-16-18-41-38(39)40/h20-25,28-31,48H,8-19H2,1-7H3,(H,42,52)(H,43,55)(H,44,49)(H,45,53)(H,46,56)(H,47,54)(H,50,51)(H4,39,40,41)/t22-,23+,24?,25-,28?,29?,30-,31?/m1/s1. The van der Waals surface area contributed by atoms with Gasteiger partial charge in [0.15, 0.2) is 5.96 Å². The minimum Gasteiger partial charge on any atom is -0.481 e. The molecule has 1 fully saturated rings. The zero-order chi connectivity index (χ0) is 44.1. The first kappa shape index (κ1) is 51.0. The Balaban J connectivity index is 3.27. The molecule has 0 spiro atoms. The number of carboxylic acids is 1. The lowest BCUT2D eigenvalue weighted by molar-refractivity contribution is -0.155. The molecule has 0 aromatic heterocycles. The van der Waals surface area contributed by atoms with E-state index in [1.54, 1.807) is 27.7 Å². The Morgan fingerprint density at radius 3 is 1.64 bits per heavy atom. The number of nitrogens with one attached hydrogen (secondary N) is 6. The highest BCUT2D eigenvalue weighted by atomic mass is 16.5. The summed E-state index contributed by atoms with van der Waals surface area (Å²) < 4.78 is 5.51. The van der Waals surface area contributed by atoms with E-state index in [1.807, 2.05) is 0 Å². The third-order valence-electron chi connectivity index (χ3n) is 9.51. The average Bonchev–Trinajstić information content (AvgIpc) is 3.12. The van der Waals surface area contributed by atoms with Crippen molar-refractivity contribution in [2.24, 2.45) is 28.3 Å². The van der Waals surface area contributed by atoms with Crippen molar-refractivity contribution in [3.05, 3.63) is 0 Å². The summed E-state index contributed by atoms with van der Waals surface area (Å²) in [5.41, 5.74) is 10.7. The zero-order valence-electron chi connectivity index (χ0n) is 34.9. The SMILES string of the molecule is CC(C)C1NC(=O)C(C(C)C)NC(=O)C(NC(=O)CCCCCCCCCCCN=C(N)N)C(C)OC(=O)[C@@H](C)NC(=O)[C@@H](CC(=O)O)NC(=O)[C@@H]([C@H](C)O)NC1=O. The van der Waals surface area contributed by atoms with Crippen LogP contribution < -0.4 is 43.4 Å². The molecular formula is C38H67N9O11. The molecule has 20 nitrogen and oxygen atoms in total. The number of hydrogen-bond donors (Lipinski definition) is 10. The maximum atomic E-state index is 13.9. The Hall–Kier alpha value is -5.01. The number of nitrogens with zero attached hydrogens (tertiary/aromatic N) is 1. The molecular weight excluding hydrogens is 758 g/mol. The molecule has 58 heavy (non-hydrogen) atoms. The second kappa shape index (κ2) is 26.1. The van der Waals surface area contributed by atoms with Gasteiger partial charge in [0.05, 0.1) is 12.5 Å². The number of rotatable bonds is 18. The van der Waals surface area contributed by atoms with Crippen molar-refractivity contribution in [1.82, 2.24) is 31.9 Å². The van der Waals surface area contributed by atoms with E-state index in [9.17, 15) is 48.6 Å². The molecule has 1 aliphatic rings. The molecule has 0 saturated carbocycles. The zero-order valence-corrected chi connectivity index (χ0v) is 34.9. The van der Waals surface area contributed by atoms with Crippen LogP contribution >= 0.6 is 0 Å². The second-order valence-corrected chi connectivity index (χ2v) is 15.5. The predicted octanol–water partition coefficient (Wildman–Crippen LogP) is -0.798. The van der Waals surface area contributed by atoms with Gasteiger partial charge in [-0.05, 0) is 45.4 Å². The lowest BCUT2D eigenvalue weighted by Crippen LogP contribution is -2.63. The number of carboxylic acid groups (broad SMARTS) is 1. The normalized spacial score (nSPS) is 24.8. The molecule has 330 valence electrons. The molecule has 12 N–H and O–H groups in total. The van der Waals surface area contributed by atoms with Gasteiger partial charge in [0.25, 0.3) is 0 Å². The molecule has 0 aromatic rings. The van der Waals surface area contributed by atoms with Gasteiger partial charge >= 0.3 is 11.9 Å². The summed E-state index contributed by atoms with van der Waals surface area (Å²) in [6.45, 7) is 10.9. The van der Waals surface area contributed by atoms with Gasteiger partial charge in [-0.1, -0.05) is 72.6 Å². The van der Waals surface area contributed by atoms with Crippen LogP contribution in [0.2, 0.25) is 0 Å². The lowest BCUT2D eigenvalue weighted by atomic mass is 9.98. The molecule has 6 amide bonds. The van der Waals surface area contributed by atoms with Crippen LogP contribution in [0.4, 0.5) is 0 Å². The Bertz CT molecular complexity index is 1440. The first-order valence-corrected chi connectivity index (χ1v) is 20.1. The van der Waals surface area contributed by atoms with Crippen molar-refractivity contribution >= 4 is 53.3 Å². The molecule has 0 aliphatic carbocycles. The van der Waals surface area contributed by atoms with Crippen molar-refractivity contribution in [1.29, 1.82) is 0 Å². The van der Waals surface area contributed by atoms with Crippen molar-refractivity contribution < 1.29 is 53.3 Å². The van der Waals surface area contributed by atoms with Gasteiger partial charge in [-0.2, -0.15) is 0 Å². The molecule has 1 heterocycles. The number of carbonyl (C=O) groups is 8. The van der Waals surface area contributed by atoms with Crippen LogP contribution in [0.5, 0.6) is 0 Å². The fourth-order valence-corrected chi connectivity index (χ4v) is 6.06. The first-order valence-electron chi connectivity index (χ1n) is 20.1. The number of unbranched alkanes of at least 4 members (excludes halogenated alkanes) is 8.